The number of rotatable bonds is 10. The van der Waals surface area contributed by atoms with Crippen LogP contribution in [0.2, 0.25) is 5.02 Å². The van der Waals surface area contributed by atoms with E-state index in [0.29, 0.717) is 24.6 Å². The first-order valence-corrected chi connectivity index (χ1v) is 13.7. The molecule has 2 aliphatic rings. The van der Waals surface area contributed by atoms with Crippen LogP contribution in [-0.2, 0) is 42.5 Å². The number of amides is 1. The summed E-state index contributed by atoms with van der Waals surface area (Å²) in [5.41, 5.74) is 0.500. The van der Waals surface area contributed by atoms with Gasteiger partial charge in [0, 0.05) is 31.7 Å². The maximum Gasteiger partial charge on any atom is 0.336 e. The molecular weight excluding hydrogens is 572 g/mol. The fourth-order valence-corrected chi connectivity index (χ4v) is 5.54. The van der Waals surface area contributed by atoms with Crippen molar-refractivity contribution in [2.24, 2.45) is 5.92 Å². The molecule has 0 radical (unpaired) electrons. The molecule has 13 heteroatoms. The Kier molecular flexibility index (Phi) is 10.9. The van der Waals surface area contributed by atoms with Gasteiger partial charge in [-0.3, -0.25) is 14.4 Å². The van der Waals surface area contributed by atoms with Crippen LogP contribution in [0.25, 0.3) is 0 Å². The predicted molar refractivity (Wildman–Crippen MR) is 150 cm³/mol. The lowest BCUT2D eigenvalue weighted by Crippen LogP contribution is -2.46. The quantitative estimate of drug-likeness (QED) is 0.232. The smallest absolute Gasteiger partial charge is 0.336 e. The summed E-state index contributed by atoms with van der Waals surface area (Å²) in [5.74, 6) is -5.09. The van der Waals surface area contributed by atoms with Gasteiger partial charge in [0.15, 0.2) is 5.60 Å². The summed E-state index contributed by atoms with van der Waals surface area (Å²) < 4.78 is 6.25. The van der Waals surface area contributed by atoms with Crippen molar-refractivity contribution in [1.82, 2.24) is 10.2 Å². The Morgan fingerprint density at radius 1 is 1.05 bits per heavy atom. The van der Waals surface area contributed by atoms with Crippen molar-refractivity contribution in [1.29, 1.82) is 0 Å². The van der Waals surface area contributed by atoms with Crippen molar-refractivity contribution in [2.75, 3.05) is 26.7 Å². The highest BCUT2D eigenvalue weighted by molar-refractivity contribution is 6.31. The van der Waals surface area contributed by atoms with Gasteiger partial charge < -0.3 is 40.5 Å². The first-order valence-electron chi connectivity index (χ1n) is 13.3. The number of nitrogens with one attached hydrogen (secondary N) is 1. The molecule has 1 unspecified atom stereocenters. The third-order valence-corrected chi connectivity index (χ3v) is 7.92. The lowest BCUT2D eigenvalue weighted by molar-refractivity contribution is -0.170. The van der Waals surface area contributed by atoms with Gasteiger partial charge >= 0.3 is 17.9 Å². The summed E-state index contributed by atoms with van der Waals surface area (Å²) in [6.45, 7) is 3.11. The number of piperidine rings is 1. The lowest BCUT2D eigenvalue weighted by Gasteiger charge is -2.40. The van der Waals surface area contributed by atoms with Crippen LogP contribution in [0.1, 0.15) is 42.4 Å². The number of carboxylic acids is 3. The molecule has 1 amide bonds. The number of aliphatic carboxylic acids is 3. The molecule has 42 heavy (non-hydrogen) atoms. The van der Waals surface area contributed by atoms with Gasteiger partial charge in [0.05, 0.1) is 31.0 Å². The van der Waals surface area contributed by atoms with E-state index in [2.05, 4.69) is 34.5 Å². The number of hydrogen-bond acceptors (Lipinski definition) is 8. The summed E-state index contributed by atoms with van der Waals surface area (Å²) in [6, 6.07) is 13.4. The summed E-state index contributed by atoms with van der Waals surface area (Å²) in [6.07, 6.45) is 0.0614. The number of halogens is 1. The zero-order chi connectivity index (χ0) is 31.1. The number of nitrogens with zero attached hydrogens (tertiary/aromatic N) is 1. The van der Waals surface area contributed by atoms with Gasteiger partial charge in [-0.15, -0.1) is 0 Å². The van der Waals surface area contributed by atoms with Crippen LogP contribution >= 0.6 is 11.6 Å². The number of carbonyl (C=O) groups excluding carboxylic acids is 1. The number of aliphatic hydroxyl groups is 1. The van der Waals surface area contributed by atoms with E-state index in [1.807, 2.05) is 0 Å². The summed E-state index contributed by atoms with van der Waals surface area (Å²) in [7, 11) is 1.66. The number of likely N-dealkylation sites (tertiary alicyclic amines) is 1. The van der Waals surface area contributed by atoms with Gasteiger partial charge in [-0.05, 0) is 54.2 Å². The highest BCUT2D eigenvalue weighted by Crippen LogP contribution is 2.44. The zero-order valence-corrected chi connectivity index (χ0v) is 23.8. The van der Waals surface area contributed by atoms with Crippen molar-refractivity contribution >= 4 is 35.4 Å². The van der Waals surface area contributed by atoms with E-state index in [1.54, 1.807) is 25.2 Å². The fraction of sp³-hybridized carbons (Fsp3) is 0.448. The van der Waals surface area contributed by atoms with Crippen LogP contribution in [0.15, 0.2) is 42.5 Å². The molecule has 0 bridgehead atoms. The number of phenolic OH excluding ortho intramolecular Hbond substituents is 1. The molecule has 1 saturated heterocycles. The minimum Gasteiger partial charge on any atom is -0.508 e. The number of fused-ring (bicyclic) bond motifs is 2. The monoisotopic (exact) mass is 606 g/mol. The van der Waals surface area contributed by atoms with Crippen molar-refractivity contribution in [2.45, 2.75) is 49.9 Å². The molecule has 0 aliphatic carbocycles. The van der Waals surface area contributed by atoms with Crippen molar-refractivity contribution < 1.29 is 49.4 Å². The Morgan fingerprint density at radius 3 is 2.24 bits per heavy atom. The van der Waals surface area contributed by atoms with Crippen LogP contribution < -0.4 is 5.32 Å². The average molecular weight is 607 g/mol. The van der Waals surface area contributed by atoms with Gasteiger partial charge in [-0.25, -0.2) is 4.79 Å². The topological polar surface area (TPSA) is 194 Å². The number of aromatic hydroxyl groups is 1. The van der Waals surface area contributed by atoms with Crippen LogP contribution in [0, 0.1) is 5.92 Å². The second-order valence-corrected chi connectivity index (χ2v) is 10.9. The third-order valence-electron chi connectivity index (χ3n) is 7.55. The number of carbonyl (C=O) groups is 4. The largest absolute Gasteiger partial charge is 0.508 e. The Bertz CT molecular complexity index is 1290. The van der Waals surface area contributed by atoms with E-state index in [1.165, 1.54) is 11.1 Å². The van der Waals surface area contributed by atoms with Gasteiger partial charge in [0.1, 0.15) is 5.75 Å². The van der Waals surface area contributed by atoms with Gasteiger partial charge in [0.2, 0.25) is 5.91 Å². The minimum atomic E-state index is -2.74. The Morgan fingerprint density at radius 2 is 1.67 bits per heavy atom. The summed E-state index contributed by atoms with van der Waals surface area (Å²) in [4.78, 5) is 45.4. The molecule has 2 heterocycles. The van der Waals surface area contributed by atoms with E-state index in [-0.39, 0.29) is 23.2 Å². The second-order valence-electron chi connectivity index (χ2n) is 10.5. The molecule has 1 fully saturated rings. The normalized spacial score (nSPS) is 16.5. The maximum absolute atomic E-state index is 12.5. The number of ether oxygens (including phenoxy) is 1. The third kappa shape index (κ3) is 8.19. The lowest BCUT2D eigenvalue weighted by atomic mass is 9.83. The van der Waals surface area contributed by atoms with Gasteiger partial charge in [-0.1, -0.05) is 35.9 Å². The van der Waals surface area contributed by atoms with Crippen molar-refractivity contribution in [3.05, 3.63) is 64.2 Å². The Labute approximate surface area is 247 Å². The molecule has 228 valence electrons. The molecule has 2 aliphatic heterocycles. The van der Waals surface area contributed by atoms with E-state index in [4.69, 9.17) is 36.8 Å². The van der Waals surface area contributed by atoms with Gasteiger partial charge in [0.25, 0.3) is 0 Å². The Balaban J connectivity index is 0.000000316. The van der Waals surface area contributed by atoms with E-state index in [9.17, 15) is 24.3 Å². The number of hydrogen-bond donors (Lipinski definition) is 6. The SMILES string of the molecule is CNC(=O)C(Cc1cc(O)ccc1Cl)CN1CCC2(CC1)OCc1ccccc12.O=C(O)CC(O)(CC(=O)O)C(=O)O. The highest BCUT2D eigenvalue weighted by Gasteiger charge is 2.43. The van der Waals surface area contributed by atoms with Crippen LogP contribution in [0.3, 0.4) is 0 Å². The van der Waals surface area contributed by atoms with E-state index < -0.39 is 36.4 Å². The minimum absolute atomic E-state index is 0.00726. The standard InChI is InChI=1S/C23H27ClN2O3.C6H8O7/c1-25-22(28)18(12-17-13-19(27)6-7-21(17)24)14-26-10-8-23(9-11-26)20-5-3-2-4-16(20)15-29-23;7-3(8)1-6(13,5(11)12)2-4(9)10/h2-7,13,18,27H,8-12,14-15H2,1H3,(H,25,28);13H,1-2H2,(H,7,8)(H,9,10)(H,11,12). The molecule has 0 aromatic heterocycles. The molecule has 1 atom stereocenters. The first kappa shape index (κ1) is 32.8. The van der Waals surface area contributed by atoms with E-state index in [0.717, 1.165) is 31.5 Å². The van der Waals surface area contributed by atoms with Crippen molar-refractivity contribution in [3.8, 4) is 5.75 Å². The van der Waals surface area contributed by atoms with Gasteiger partial charge in [-0.2, -0.15) is 0 Å². The highest BCUT2D eigenvalue weighted by atomic mass is 35.5. The molecule has 4 rings (SSSR count). The van der Waals surface area contributed by atoms with Crippen molar-refractivity contribution in [3.63, 3.8) is 0 Å². The fourth-order valence-electron chi connectivity index (χ4n) is 5.35. The number of phenols is 1. The zero-order valence-electron chi connectivity index (χ0n) is 23.1. The predicted octanol–water partition coefficient (Wildman–Crippen LogP) is 2.22. The number of benzene rings is 2. The molecular formula is C29H35ClN2O10. The number of carboxylic acid groups (broad SMARTS) is 3. The first-order chi connectivity index (χ1) is 19.8. The maximum atomic E-state index is 12.5. The van der Waals surface area contributed by atoms with Crippen LogP contribution in [0.4, 0.5) is 0 Å². The van der Waals surface area contributed by atoms with Crippen LogP contribution in [-0.4, -0.2) is 86.5 Å². The molecule has 2 aromatic carbocycles. The molecule has 12 nitrogen and oxygen atoms in total. The van der Waals surface area contributed by atoms with Crippen LogP contribution in [0.5, 0.6) is 5.75 Å². The summed E-state index contributed by atoms with van der Waals surface area (Å²) in [5, 5.41) is 46.9. The second kappa shape index (κ2) is 14.0. The van der Waals surface area contributed by atoms with E-state index >= 15 is 0 Å². The Hall–Kier alpha value is -3.71. The molecule has 0 saturated carbocycles. The molecule has 1 spiro atoms. The summed E-state index contributed by atoms with van der Waals surface area (Å²) >= 11 is 6.29. The molecule has 6 N–H and O–H groups in total. The molecule has 2 aromatic rings. The average Bonchev–Trinajstić information content (AvgIpc) is 3.28.